The Balaban J connectivity index is 2.13. The molecule has 0 bridgehead atoms. The molecule has 4 nitrogen and oxygen atoms in total. The maximum Gasteiger partial charge on any atom is 0.236 e. The second-order valence-corrected chi connectivity index (χ2v) is 3.73. The molecule has 0 unspecified atom stereocenters. The Labute approximate surface area is 79.3 Å². The van der Waals surface area contributed by atoms with Crippen molar-refractivity contribution in [2.45, 2.75) is 25.8 Å². The average molecular weight is 185 g/mol. The summed E-state index contributed by atoms with van der Waals surface area (Å²) in [4.78, 5) is 11.1. The summed E-state index contributed by atoms with van der Waals surface area (Å²) < 4.78 is 0. The molecule has 0 aliphatic carbocycles. The molecule has 1 saturated heterocycles. The van der Waals surface area contributed by atoms with Gasteiger partial charge in [-0.3, -0.25) is 4.79 Å². The van der Waals surface area contributed by atoms with Gasteiger partial charge in [0, 0.05) is 6.54 Å². The lowest BCUT2D eigenvalue weighted by Crippen LogP contribution is -2.42. The maximum absolute atomic E-state index is 11.1. The lowest BCUT2D eigenvalue weighted by Gasteiger charge is -2.23. The molecule has 1 aliphatic heterocycles. The van der Waals surface area contributed by atoms with E-state index in [2.05, 4.69) is 10.6 Å². The number of carbonyl (C=O) groups is 1. The van der Waals surface area contributed by atoms with Crippen molar-refractivity contribution >= 4 is 5.91 Å². The van der Waals surface area contributed by atoms with Gasteiger partial charge in [-0.25, -0.2) is 0 Å². The van der Waals surface area contributed by atoms with E-state index < -0.39 is 0 Å². The molecular formula is C9H19N3O. The minimum atomic E-state index is -0.387. The highest BCUT2D eigenvalue weighted by atomic mass is 16.2. The molecule has 76 valence electrons. The smallest absolute Gasteiger partial charge is 0.236 e. The Morgan fingerprint density at radius 1 is 1.62 bits per heavy atom. The molecule has 0 saturated carbocycles. The molecule has 0 radical (unpaired) electrons. The summed E-state index contributed by atoms with van der Waals surface area (Å²) in [6.45, 7) is 4.62. The van der Waals surface area contributed by atoms with Crippen LogP contribution in [0.4, 0.5) is 0 Å². The third-order valence-electron chi connectivity index (χ3n) is 2.44. The number of rotatable bonds is 3. The summed E-state index contributed by atoms with van der Waals surface area (Å²) in [6.07, 6.45) is 2.30. The van der Waals surface area contributed by atoms with Crippen molar-refractivity contribution < 1.29 is 4.79 Å². The number of nitrogens with one attached hydrogen (secondary N) is 2. The fourth-order valence-electron chi connectivity index (χ4n) is 1.49. The van der Waals surface area contributed by atoms with E-state index in [0.717, 1.165) is 32.5 Å². The monoisotopic (exact) mass is 185 g/mol. The molecule has 1 aliphatic rings. The molecule has 0 spiro atoms. The van der Waals surface area contributed by atoms with Crippen LogP contribution in [0.3, 0.4) is 0 Å². The van der Waals surface area contributed by atoms with E-state index >= 15 is 0 Å². The predicted molar refractivity (Wildman–Crippen MR) is 52.3 cm³/mol. The topological polar surface area (TPSA) is 67.2 Å². The first-order valence-electron chi connectivity index (χ1n) is 4.94. The summed E-state index contributed by atoms with van der Waals surface area (Å²) in [7, 11) is 0. The molecule has 1 atom stereocenters. The van der Waals surface area contributed by atoms with Gasteiger partial charge in [0.15, 0.2) is 0 Å². The summed E-state index contributed by atoms with van der Waals surface area (Å²) in [5.41, 5.74) is 5.43. The van der Waals surface area contributed by atoms with Gasteiger partial charge >= 0.3 is 0 Å². The summed E-state index contributed by atoms with van der Waals surface area (Å²) >= 11 is 0. The highest BCUT2D eigenvalue weighted by Gasteiger charge is 2.14. The quantitative estimate of drug-likeness (QED) is 0.552. The Kier molecular flexibility index (Phi) is 4.18. The average Bonchev–Trinajstić information content (AvgIpc) is 2.15. The van der Waals surface area contributed by atoms with E-state index in [4.69, 9.17) is 5.73 Å². The van der Waals surface area contributed by atoms with E-state index in [1.807, 2.05) is 0 Å². The molecule has 0 aromatic carbocycles. The van der Waals surface area contributed by atoms with Gasteiger partial charge < -0.3 is 16.4 Å². The van der Waals surface area contributed by atoms with Crippen molar-refractivity contribution in [3.8, 4) is 0 Å². The largest absolute Gasteiger partial charge is 0.354 e. The minimum Gasteiger partial charge on any atom is -0.354 e. The molecule has 1 fully saturated rings. The van der Waals surface area contributed by atoms with Crippen LogP contribution in [0.25, 0.3) is 0 Å². The van der Waals surface area contributed by atoms with Gasteiger partial charge in [-0.15, -0.1) is 0 Å². The van der Waals surface area contributed by atoms with Crippen LogP contribution in [0.15, 0.2) is 0 Å². The Hall–Kier alpha value is -0.610. The Bertz CT molecular complexity index is 164. The minimum absolute atomic E-state index is 0.0430. The van der Waals surface area contributed by atoms with E-state index in [1.54, 1.807) is 6.92 Å². The van der Waals surface area contributed by atoms with Gasteiger partial charge in [0.05, 0.1) is 6.04 Å². The van der Waals surface area contributed by atoms with Gasteiger partial charge in [-0.2, -0.15) is 0 Å². The standard InChI is InChI=1S/C9H19N3O/c1-7(10)9(13)12-6-8-2-4-11-5-3-8/h7-8,11H,2-6,10H2,1H3,(H,12,13)/t7-/m0/s1. The van der Waals surface area contributed by atoms with Crippen molar-refractivity contribution in [3.05, 3.63) is 0 Å². The van der Waals surface area contributed by atoms with E-state index in [1.165, 1.54) is 0 Å². The van der Waals surface area contributed by atoms with Crippen LogP contribution in [0.1, 0.15) is 19.8 Å². The van der Waals surface area contributed by atoms with Crippen LogP contribution in [0.2, 0.25) is 0 Å². The van der Waals surface area contributed by atoms with E-state index in [9.17, 15) is 4.79 Å². The molecule has 13 heavy (non-hydrogen) atoms. The Morgan fingerprint density at radius 3 is 2.77 bits per heavy atom. The molecule has 4 heteroatoms. The van der Waals surface area contributed by atoms with Gasteiger partial charge in [0.1, 0.15) is 0 Å². The van der Waals surface area contributed by atoms with Crippen molar-refractivity contribution in [3.63, 3.8) is 0 Å². The van der Waals surface area contributed by atoms with E-state index in [0.29, 0.717) is 5.92 Å². The molecule has 0 aromatic heterocycles. The van der Waals surface area contributed by atoms with Crippen LogP contribution in [-0.4, -0.2) is 31.6 Å². The zero-order valence-electron chi connectivity index (χ0n) is 8.18. The van der Waals surface area contributed by atoms with Gasteiger partial charge in [-0.05, 0) is 38.8 Å². The summed E-state index contributed by atoms with van der Waals surface area (Å²) in [5, 5.41) is 6.15. The third-order valence-corrected chi connectivity index (χ3v) is 2.44. The number of hydrogen-bond donors (Lipinski definition) is 3. The number of amides is 1. The highest BCUT2D eigenvalue weighted by molar-refractivity contribution is 5.80. The van der Waals surface area contributed by atoms with Gasteiger partial charge in [0.2, 0.25) is 5.91 Å². The maximum atomic E-state index is 11.1. The number of carbonyl (C=O) groups excluding carboxylic acids is 1. The third kappa shape index (κ3) is 3.74. The van der Waals surface area contributed by atoms with Crippen molar-refractivity contribution in [2.24, 2.45) is 11.7 Å². The highest BCUT2D eigenvalue weighted by Crippen LogP contribution is 2.09. The fraction of sp³-hybridized carbons (Fsp3) is 0.889. The lowest BCUT2D eigenvalue weighted by atomic mass is 9.98. The Morgan fingerprint density at radius 2 is 2.23 bits per heavy atom. The summed E-state index contributed by atoms with van der Waals surface area (Å²) in [6, 6.07) is -0.387. The SMILES string of the molecule is C[C@H](N)C(=O)NCC1CCNCC1. The molecule has 1 heterocycles. The van der Waals surface area contributed by atoms with Gasteiger partial charge in [0.25, 0.3) is 0 Å². The fourth-order valence-corrected chi connectivity index (χ4v) is 1.49. The number of piperidine rings is 1. The molecule has 4 N–H and O–H groups in total. The van der Waals surface area contributed by atoms with Gasteiger partial charge in [-0.1, -0.05) is 0 Å². The second kappa shape index (κ2) is 5.19. The second-order valence-electron chi connectivity index (χ2n) is 3.73. The first-order valence-corrected chi connectivity index (χ1v) is 4.94. The first kappa shape index (κ1) is 10.5. The van der Waals surface area contributed by atoms with Crippen molar-refractivity contribution in [2.75, 3.05) is 19.6 Å². The van der Waals surface area contributed by atoms with Crippen LogP contribution >= 0.6 is 0 Å². The molecule has 0 aromatic rings. The van der Waals surface area contributed by atoms with Crippen LogP contribution in [-0.2, 0) is 4.79 Å². The number of hydrogen-bond acceptors (Lipinski definition) is 3. The normalized spacial score (nSPS) is 21.1. The molecule has 1 rings (SSSR count). The van der Waals surface area contributed by atoms with Crippen molar-refractivity contribution in [1.82, 2.24) is 10.6 Å². The first-order chi connectivity index (χ1) is 6.20. The van der Waals surface area contributed by atoms with E-state index in [-0.39, 0.29) is 11.9 Å². The zero-order valence-corrected chi connectivity index (χ0v) is 8.18. The van der Waals surface area contributed by atoms with Crippen molar-refractivity contribution in [1.29, 1.82) is 0 Å². The lowest BCUT2D eigenvalue weighted by molar-refractivity contribution is -0.122. The zero-order chi connectivity index (χ0) is 9.68. The van der Waals surface area contributed by atoms with Crippen LogP contribution in [0, 0.1) is 5.92 Å². The van der Waals surface area contributed by atoms with Crippen LogP contribution in [0.5, 0.6) is 0 Å². The predicted octanol–water partition coefficient (Wildman–Crippen LogP) is -0.551. The molecule has 1 amide bonds. The summed E-state index contributed by atoms with van der Waals surface area (Å²) in [5.74, 6) is 0.586. The molecular weight excluding hydrogens is 166 g/mol. The van der Waals surface area contributed by atoms with Crippen LogP contribution < -0.4 is 16.4 Å². The number of nitrogens with two attached hydrogens (primary N) is 1.